The Morgan fingerprint density at radius 3 is 2.58 bits per heavy atom. The number of Topliss-reactive ketones (excluding diaryl/α,β-unsaturated/α-hetero) is 1. The van der Waals surface area contributed by atoms with Gasteiger partial charge < -0.3 is 9.84 Å². The molecule has 0 amide bonds. The Morgan fingerprint density at radius 1 is 1.15 bits per heavy atom. The van der Waals surface area contributed by atoms with E-state index in [1.54, 1.807) is 19.6 Å². The highest BCUT2D eigenvalue weighted by Gasteiger charge is 2.74. The monoisotopic (exact) mass is 358 g/mol. The number of hydrogen-bond donors (Lipinski definition) is 1. The molecule has 0 heterocycles. The van der Waals surface area contributed by atoms with Gasteiger partial charge in [-0.1, -0.05) is 25.5 Å². The molecule has 0 aromatic heterocycles. The fourth-order valence-electron chi connectivity index (χ4n) is 8.49. The molecule has 0 aromatic rings. The van der Waals surface area contributed by atoms with Crippen LogP contribution in [0.2, 0.25) is 0 Å². The van der Waals surface area contributed by atoms with Crippen molar-refractivity contribution < 1.29 is 14.6 Å². The van der Waals surface area contributed by atoms with Crippen LogP contribution < -0.4 is 0 Å². The van der Waals surface area contributed by atoms with E-state index in [-0.39, 0.29) is 22.9 Å². The van der Waals surface area contributed by atoms with E-state index in [1.165, 1.54) is 19.3 Å². The molecule has 0 aromatic carbocycles. The van der Waals surface area contributed by atoms with Gasteiger partial charge in [0.15, 0.2) is 0 Å². The lowest BCUT2D eigenvalue weighted by atomic mass is 9.48. The molecule has 1 unspecified atom stereocenters. The van der Waals surface area contributed by atoms with Crippen molar-refractivity contribution in [1.29, 1.82) is 0 Å². The maximum absolute atomic E-state index is 12.2. The molecule has 5 aliphatic rings. The molecule has 5 rings (SSSR count). The van der Waals surface area contributed by atoms with E-state index in [1.807, 2.05) is 0 Å². The first-order valence-electron chi connectivity index (χ1n) is 10.7. The molecule has 0 spiro atoms. The van der Waals surface area contributed by atoms with Gasteiger partial charge in [-0.2, -0.15) is 0 Å². The van der Waals surface area contributed by atoms with Gasteiger partial charge in [0.25, 0.3) is 0 Å². The topological polar surface area (TPSA) is 46.5 Å². The maximum Gasteiger partial charge on any atom is 0.133 e. The molecule has 0 saturated heterocycles. The summed E-state index contributed by atoms with van der Waals surface area (Å²) >= 11 is 0. The van der Waals surface area contributed by atoms with Crippen LogP contribution in [0.25, 0.3) is 0 Å². The summed E-state index contributed by atoms with van der Waals surface area (Å²) < 4.78 is 5.66. The highest BCUT2D eigenvalue weighted by Crippen LogP contribution is 2.71. The molecule has 0 bridgehead atoms. The fraction of sp³-hybridized carbons (Fsp3) is 0.870. The second kappa shape index (κ2) is 5.23. The summed E-state index contributed by atoms with van der Waals surface area (Å²) in [5.41, 5.74) is 1.53. The summed E-state index contributed by atoms with van der Waals surface area (Å²) in [5.74, 6) is 2.87. The number of ether oxygens (including phenoxy) is 1. The van der Waals surface area contributed by atoms with Gasteiger partial charge in [0.05, 0.1) is 11.7 Å². The van der Waals surface area contributed by atoms with Crippen molar-refractivity contribution in [2.75, 3.05) is 7.11 Å². The number of aliphatic hydroxyl groups is 1. The van der Waals surface area contributed by atoms with Crippen LogP contribution in [0.3, 0.4) is 0 Å². The van der Waals surface area contributed by atoms with Gasteiger partial charge in [-0.15, -0.1) is 0 Å². The Kier molecular flexibility index (Phi) is 3.50. The molecule has 26 heavy (non-hydrogen) atoms. The zero-order chi connectivity index (χ0) is 18.5. The van der Waals surface area contributed by atoms with Crippen LogP contribution in [0.15, 0.2) is 11.6 Å². The highest BCUT2D eigenvalue weighted by molar-refractivity contribution is 5.79. The second-order valence-corrected chi connectivity index (χ2v) is 10.6. The van der Waals surface area contributed by atoms with E-state index in [2.05, 4.69) is 19.9 Å². The Labute approximate surface area is 157 Å². The number of carbonyl (C=O) groups excluding carboxylic acids is 1. The third-order valence-electron chi connectivity index (χ3n) is 9.83. The molecule has 9 atom stereocenters. The molecule has 1 N–H and O–H groups in total. The molecule has 3 heteroatoms. The summed E-state index contributed by atoms with van der Waals surface area (Å²) in [5, 5.41) is 11.0. The molecular formula is C23H34O3. The normalized spacial score (nSPS) is 57.3. The van der Waals surface area contributed by atoms with E-state index < -0.39 is 5.60 Å². The second-order valence-electron chi connectivity index (χ2n) is 10.6. The number of allylic oxidation sites excluding steroid dienone is 2. The van der Waals surface area contributed by atoms with Gasteiger partial charge in [-0.05, 0) is 80.5 Å². The van der Waals surface area contributed by atoms with Crippen LogP contribution in [-0.4, -0.2) is 29.7 Å². The number of fused-ring (bicyclic) bond motifs is 7. The standard InChI is InChI=1S/C23H34O3/c1-13(24)15-7-8-16-14-5-6-18-19-20(26-4)23(19,25)12-11-22(18,3)17(14)9-10-21(15,16)2/h9,14-16,18-20,25H,5-8,10-12H2,1-4H3/t14-,15+,16-,18+,19?,20+,21+,22+,23+/m0/s1. The summed E-state index contributed by atoms with van der Waals surface area (Å²) in [6.07, 6.45) is 10.4. The zero-order valence-electron chi connectivity index (χ0n) is 16.8. The van der Waals surface area contributed by atoms with Gasteiger partial charge in [-0.25, -0.2) is 0 Å². The van der Waals surface area contributed by atoms with Crippen molar-refractivity contribution in [2.45, 2.75) is 77.4 Å². The van der Waals surface area contributed by atoms with Gasteiger partial charge >= 0.3 is 0 Å². The molecule has 3 nitrogen and oxygen atoms in total. The number of hydrogen-bond acceptors (Lipinski definition) is 3. The van der Waals surface area contributed by atoms with Crippen LogP contribution in [0.4, 0.5) is 0 Å². The predicted octanol–water partition coefficient (Wildman–Crippen LogP) is 4.14. The number of methoxy groups -OCH3 is 1. The molecule has 0 aliphatic heterocycles. The van der Waals surface area contributed by atoms with E-state index in [4.69, 9.17) is 4.74 Å². The molecule has 4 fully saturated rings. The van der Waals surface area contributed by atoms with Crippen molar-refractivity contribution in [3.05, 3.63) is 11.6 Å². The molecule has 0 radical (unpaired) electrons. The summed E-state index contributed by atoms with van der Waals surface area (Å²) in [4.78, 5) is 12.2. The highest BCUT2D eigenvalue weighted by atomic mass is 16.5. The summed E-state index contributed by atoms with van der Waals surface area (Å²) in [6, 6.07) is 0. The predicted molar refractivity (Wildman–Crippen MR) is 100 cm³/mol. The average molecular weight is 359 g/mol. The Hall–Kier alpha value is -0.670. The number of carbonyl (C=O) groups is 1. The first-order chi connectivity index (χ1) is 12.3. The third-order valence-corrected chi connectivity index (χ3v) is 9.83. The van der Waals surface area contributed by atoms with Crippen molar-refractivity contribution in [2.24, 2.45) is 40.4 Å². The van der Waals surface area contributed by atoms with Crippen molar-refractivity contribution in [1.82, 2.24) is 0 Å². The zero-order valence-corrected chi connectivity index (χ0v) is 16.8. The number of rotatable bonds is 2. The van der Waals surface area contributed by atoms with Gasteiger partial charge in [0.1, 0.15) is 5.78 Å². The quantitative estimate of drug-likeness (QED) is 0.755. The minimum absolute atomic E-state index is 0.0499. The van der Waals surface area contributed by atoms with E-state index in [0.717, 1.165) is 25.7 Å². The Bertz CT molecular complexity index is 683. The van der Waals surface area contributed by atoms with Gasteiger partial charge in [-0.3, -0.25) is 4.79 Å². The SMILES string of the molecule is CO[C@@H]1C2[C@H]3CC[C@@H]4C(=CC[C@]5(C)[C@@H](C(C)=O)CC[C@@H]45)[C@@]3(C)CC[C@@]21O. The van der Waals surface area contributed by atoms with Crippen LogP contribution in [0, 0.1) is 40.4 Å². The van der Waals surface area contributed by atoms with E-state index >= 15 is 0 Å². The van der Waals surface area contributed by atoms with Crippen LogP contribution in [0.1, 0.15) is 65.7 Å². The average Bonchev–Trinajstić information content (AvgIpc) is 3.03. The fourth-order valence-corrected chi connectivity index (χ4v) is 8.49. The third kappa shape index (κ3) is 1.90. The Balaban J connectivity index is 1.49. The number of ketones is 1. The summed E-state index contributed by atoms with van der Waals surface area (Å²) in [6.45, 7) is 6.66. The van der Waals surface area contributed by atoms with Gasteiger partial charge in [0.2, 0.25) is 0 Å². The lowest BCUT2D eigenvalue weighted by Gasteiger charge is -2.56. The van der Waals surface area contributed by atoms with E-state index in [9.17, 15) is 9.90 Å². The lowest BCUT2D eigenvalue weighted by molar-refractivity contribution is -0.124. The Morgan fingerprint density at radius 2 is 1.88 bits per heavy atom. The van der Waals surface area contributed by atoms with Crippen molar-refractivity contribution in [3.8, 4) is 0 Å². The molecule has 144 valence electrons. The van der Waals surface area contributed by atoms with Crippen LogP contribution >= 0.6 is 0 Å². The van der Waals surface area contributed by atoms with Crippen molar-refractivity contribution >= 4 is 5.78 Å². The molecular weight excluding hydrogens is 324 g/mol. The first-order valence-corrected chi connectivity index (χ1v) is 10.7. The maximum atomic E-state index is 12.2. The minimum atomic E-state index is -0.553. The largest absolute Gasteiger partial charge is 0.387 e. The molecule has 4 saturated carbocycles. The van der Waals surface area contributed by atoms with Crippen LogP contribution in [-0.2, 0) is 9.53 Å². The molecule has 5 aliphatic carbocycles. The lowest BCUT2D eigenvalue weighted by Crippen LogP contribution is -2.49. The van der Waals surface area contributed by atoms with E-state index in [0.29, 0.717) is 29.5 Å². The minimum Gasteiger partial charge on any atom is -0.387 e. The summed E-state index contributed by atoms with van der Waals surface area (Å²) in [7, 11) is 1.76. The van der Waals surface area contributed by atoms with Crippen molar-refractivity contribution in [3.63, 3.8) is 0 Å². The van der Waals surface area contributed by atoms with Gasteiger partial charge in [0, 0.05) is 18.9 Å². The smallest absolute Gasteiger partial charge is 0.133 e. The van der Waals surface area contributed by atoms with Crippen LogP contribution in [0.5, 0.6) is 0 Å². The first kappa shape index (κ1) is 17.4.